The van der Waals surface area contributed by atoms with Crippen LogP contribution in [-0.2, 0) is 0 Å². The number of aliphatic hydroxyl groups excluding tert-OH is 1. The second kappa shape index (κ2) is 5.40. The first-order valence-corrected chi connectivity index (χ1v) is 4.39. The Morgan fingerprint density at radius 3 is 2.64 bits per heavy atom. The van der Waals surface area contributed by atoms with Crippen LogP contribution in [0, 0.1) is 5.82 Å². The van der Waals surface area contributed by atoms with E-state index in [0.29, 0.717) is 12.2 Å². The van der Waals surface area contributed by atoms with E-state index in [9.17, 15) is 9.50 Å². The standard InChI is InChI=1S/C11H13FO2/c1-2-3-10(13)8-14-11-6-4-9(12)5-7-11/h2,4-7,10,13H,1,3,8H2. The first-order valence-electron chi connectivity index (χ1n) is 4.39. The molecule has 1 N–H and O–H groups in total. The molecule has 0 fully saturated rings. The van der Waals surface area contributed by atoms with Crippen molar-refractivity contribution in [2.75, 3.05) is 6.61 Å². The van der Waals surface area contributed by atoms with Crippen LogP contribution in [0.2, 0.25) is 0 Å². The van der Waals surface area contributed by atoms with Crippen molar-refractivity contribution in [3.8, 4) is 5.75 Å². The van der Waals surface area contributed by atoms with E-state index in [1.807, 2.05) is 0 Å². The highest BCUT2D eigenvalue weighted by atomic mass is 19.1. The Bertz CT molecular complexity index is 282. The first-order chi connectivity index (χ1) is 6.72. The SMILES string of the molecule is C=CCC(O)COc1ccc(F)cc1. The van der Waals surface area contributed by atoms with Crippen molar-refractivity contribution in [2.45, 2.75) is 12.5 Å². The van der Waals surface area contributed by atoms with E-state index in [4.69, 9.17) is 4.74 Å². The Hall–Kier alpha value is -1.35. The van der Waals surface area contributed by atoms with Crippen molar-refractivity contribution in [3.63, 3.8) is 0 Å². The minimum atomic E-state index is -0.558. The molecule has 0 aliphatic rings. The summed E-state index contributed by atoms with van der Waals surface area (Å²) in [7, 11) is 0. The van der Waals surface area contributed by atoms with Gasteiger partial charge in [0.1, 0.15) is 18.2 Å². The lowest BCUT2D eigenvalue weighted by Gasteiger charge is -2.09. The maximum absolute atomic E-state index is 12.5. The molecule has 3 heteroatoms. The van der Waals surface area contributed by atoms with Crippen LogP contribution in [0.4, 0.5) is 4.39 Å². The van der Waals surface area contributed by atoms with E-state index in [1.165, 1.54) is 24.3 Å². The predicted octanol–water partition coefficient (Wildman–Crippen LogP) is 2.14. The predicted molar refractivity (Wildman–Crippen MR) is 52.7 cm³/mol. The zero-order valence-corrected chi connectivity index (χ0v) is 7.82. The Morgan fingerprint density at radius 2 is 2.07 bits per heavy atom. The second-order valence-corrected chi connectivity index (χ2v) is 2.94. The molecule has 14 heavy (non-hydrogen) atoms. The Morgan fingerprint density at radius 1 is 1.43 bits per heavy atom. The average Bonchev–Trinajstić information content (AvgIpc) is 2.17. The number of rotatable bonds is 5. The van der Waals surface area contributed by atoms with Gasteiger partial charge >= 0.3 is 0 Å². The number of hydrogen-bond donors (Lipinski definition) is 1. The molecule has 0 saturated carbocycles. The topological polar surface area (TPSA) is 29.5 Å². The van der Waals surface area contributed by atoms with Crippen LogP contribution < -0.4 is 4.74 Å². The van der Waals surface area contributed by atoms with Crippen LogP contribution in [0.3, 0.4) is 0 Å². The van der Waals surface area contributed by atoms with Gasteiger partial charge in [0, 0.05) is 0 Å². The van der Waals surface area contributed by atoms with Gasteiger partial charge in [0.15, 0.2) is 0 Å². The first kappa shape index (κ1) is 10.7. The van der Waals surface area contributed by atoms with Gasteiger partial charge in [0.05, 0.1) is 6.10 Å². The molecular formula is C11H13FO2. The minimum absolute atomic E-state index is 0.192. The molecule has 0 radical (unpaired) electrons. The molecule has 0 aliphatic carbocycles. The summed E-state index contributed by atoms with van der Waals surface area (Å²) in [6, 6.07) is 5.68. The molecule has 1 aromatic carbocycles. The molecule has 0 amide bonds. The highest BCUT2D eigenvalue weighted by molar-refractivity contribution is 5.22. The highest BCUT2D eigenvalue weighted by Gasteiger charge is 2.02. The van der Waals surface area contributed by atoms with Crippen LogP contribution in [0.1, 0.15) is 6.42 Å². The van der Waals surface area contributed by atoms with Gasteiger partial charge in [0.2, 0.25) is 0 Å². The summed E-state index contributed by atoms with van der Waals surface area (Å²) in [4.78, 5) is 0. The fraction of sp³-hybridized carbons (Fsp3) is 0.273. The third kappa shape index (κ3) is 3.58. The Labute approximate surface area is 82.6 Å². The quantitative estimate of drug-likeness (QED) is 0.731. The fourth-order valence-corrected chi connectivity index (χ4v) is 0.984. The third-order valence-electron chi connectivity index (χ3n) is 1.69. The highest BCUT2D eigenvalue weighted by Crippen LogP contribution is 2.11. The second-order valence-electron chi connectivity index (χ2n) is 2.94. The number of halogens is 1. The summed E-state index contributed by atoms with van der Waals surface area (Å²) in [6.45, 7) is 3.69. The zero-order chi connectivity index (χ0) is 10.4. The molecule has 0 heterocycles. The average molecular weight is 196 g/mol. The van der Waals surface area contributed by atoms with E-state index >= 15 is 0 Å². The summed E-state index contributed by atoms with van der Waals surface area (Å²) in [5.74, 6) is 0.249. The van der Waals surface area contributed by atoms with Gasteiger partial charge in [-0.1, -0.05) is 6.08 Å². The van der Waals surface area contributed by atoms with Crippen molar-refractivity contribution >= 4 is 0 Å². The molecule has 1 aromatic rings. The van der Waals surface area contributed by atoms with Gasteiger partial charge in [-0.05, 0) is 30.7 Å². The van der Waals surface area contributed by atoms with Crippen LogP contribution in [-0.4, -0.2) is 17.8 Å². The maximum Gasteiger partial charge on any atom is 0.123 e. The zero-order valence-electron chi connectivity index (χ0n) is 7.82. The largest absolute Gasteiger partial charge is 0.491 e. The molecule has 76 valence electrons. The molecule has 2 nitrogen and oxygen atoms in total. The van der Waals surface area contributed by atoms with Crippen molar-refractivity contribution in [1.29, 1.82) is 0 Å². The van der Waals surface area contributed by atoms with E-state index in [1.54, 1.807) is 6.08 Å². The molecule has 1 atom stereocenters. The summed E-state index contributed by atoms with van der Waals surface area (Å²) < 4.78 is 17.7. The Balaban J connectivity index is 2.37. The van der Waals surface area contributed by atoms with E-state index in [-0.39, 0.29) is 12.4 Å². The lowest BCUT2D eigenvalue weighted by Crippen LogP contribution is -2.16. The summed E-state index contributed by atoms with van der Waals surface area (Å²) in [5.41, 5.74) is 0. The number of ether oxygens (including phenoxy) is 1. The molecule has 1 rings (SSSR count). The van der Waals surface area contributed by atoms with Crippen molar-refractivity contribution in [1.82, 2.24) is 0 Å². The van der Waals surface area contributed by atoms with Gasteiger partial charge in [-0.3, -0.25) is 0 Å². The monoisotopic (exact) mass is 196 g/mol. The normalized spacial score (nSPS) is 12.1. The van der Waals surface area contributed by atoms with Crippen LogP contribution >= 0.6 is 0 Å². The summed E-state index contributed by atoms with van der Waals surface area (Å²) in [6.07, 6.45) is 1.55. The van der Waals surface area contributed by atoms with E-state index < -0.39 is 6.10 Å². The van der Waals surface area contributed by atoms with Crippen molar-refractivity contribution < 1.29 is 14.2 Å². The fourth-order valence-electron chi connectivity index (χ4n) is 0.984. The lowest BCUT2D eigenvalue weighted by molar-refractivity contribution is 0.110. The molecule has 0 aromatic heterocycles. The third-order valence-corrected chi connectivity index (χ3v) is 1.69. The van der Waals surface area contributed by atoms with E-state index in [0.717, 1.165) is 0 Å². The Kier molecular flexibility index (Phi) is 4.13. The van der Waals surface area contributed by atoms with Gasteiger partial charge in [0.25, 0.3) is 0 Å². The maximum atomic E-state index is 12.5. The van der Waals surface area contributed by atoms with Gasteiger partial charge < -0.3 is 9.84 Å². The van der Waals surface area contributed by atoms with E-state index in [2.05, 4.69) is 6.58 Å². The minimum Gasteiger partial charge on any atom is -0.491 e. The molecule has 0 spiro atoms. The number of benzene rings is 1. The van der Waals surface area contributed by atoms with Gasteiger partial charge in [-0.2, -0.15) is 0 Å². The summed E-state index contributed by atoms with van der Waals surface area (Å²) >= 11 is 0. The molecule has 0 bridgehead atoms. The van der Waals surface area contributed by atoms with Crippen molar-refractivity contribution in [3.05, 3.63) is 42.7 Å². The van der Waals surface area contributed by atoms with Crippen LogP contribution in [0.5, 0.6) is 5.75 Å². The molecule has 0 aliphatic heterocycles. The van der Waals surface area contributed by atoms with Crippen molar-refractivity contribution in [2.24, 2.45) is 0 Å². The number of hydrogen-bond acceptors (Lipinski definition) is 2. The lowest BCUT2D eigenvalue weighted by atomic mass is 10.2. The van der Waals surface area contributed by atoms with Crippen LogP contribution in [0.15, 0.2) is 36.9 Å². The summed E-state index contributed by atoms with van der Waals surface area (Å²) in [5, 5.41) is 9.29. The van der Waals surface area contributed by atoms with Gasteiger partial charge in [-0.15, -0.1) is 6.58 Å². The molecule has 0 saturated heterocycles. The van der Waals surface area contributed by atoms with Crippen LogP contribution in [0.25, 0.3) is 0 Å². The number of aliphatic hydroxyl groups is 1. The van der Waals surface area contributed by atoms with Gasteiger partial charge in [-0.25, -0.2) is 4.39 Å². The smallest absolute Gasteiger partial charge is 0.123 e. The molecule has 1 unspecified atom stereocenters. The molecular weight excluding hydrogens is 183 g/mol.